The Bertz CT molecular complexity index is 307. The Morgan fingerprint density at radius 1 is 1.07 bits per heavy atom. The molecule has 1 aliphatic rings. The monoisotopic (exact) mass is 201 g/mol. The Balaban J connectivity index is 1.94. The summed E-state index contributed by atoms with van der Waals surface area (Å²) in [7, 11) is 0. The van der Waals surface area contributed by atoms with Crippen molar-refractivity contribution in [2.24, 2.45) is 0 Å². The smallest absolute Gasteiger partial charge is 0.0342 e. The minimum Gasteiger partial charge on any atom is -0.382 e. The van der Waals surface area contributed by atoms with E-state index in [0.717, 1.165) is 0 Å². The van der Waals surface area contributed by atoms with Crippen molar-refractivity contribution in [3.63, 3.8) is 0 Å². The van der Waals surface area contributed by atoms with E-state index < -0.39 is 0 Å². The Morgan fingerprint density at radius 2 is 1.73 bits per heavy atom. The highest BCUT2D eigenvalue weighted by molar-refractivity contribution is 5.53. The molecule has 1 nitrogen and oxygen atoms in total. The van der Waals surface area contributed by atoms with E-state index in [2.05, 4.69) is 36.2 Å². The predicted octanol–water partition coefficient (Wildman–Crippen LogP) is 4.07. The van der Waals surface area contributed by atoms with Crippen molar-refractivity contribution in [2.45, 2.75) is 38.1 Å². The van der Waals surface area contributed by atoms with Gasteiger partial charge in [0.25, 0.3) is 0 Å². The van der Waals surface area contributed by atoms with Crippen LogP contribution in [0.5, 0.6) is 0 Å². The molecule has 1 saturated carbocycles. The fourth-order valence-electron chi connectivity index (χ4n) is 2.20. The van der Waals surface area contributed by atoms with Gasteiger partial charge in [-0.3, -0.25) is 0 Å². The molecule has 0 atom stereocenters. The first-order valence-electron chi connectivity index (χ1n) is 5.87. The fraction of sp³-hybridized carbons (Fsp3) is 0.429. The molecule has 2 rings (SSSR count). The van der Waals surface area contributed by atoms with Gasteiger partial charge in [0.15, 0.2) is 0 Å². The summed E-state index contributed by atoms with van der Waals surface area (Å²) in [5, 5.41) is 3.60. The highest BCUT2D eigenvalue weighted by Gasteiger charge is 2.12. The Labute approximate surface area is 92.2 Å². The lowest BCUT2D eigenvalue weighted by Gasteiger charge is -2.23. The number of nitrogens with one attached hydrogen (secondary N) is 1. The summed E-state index contributed by atoms with van der Waals surface area (Å²) in [6.07, 6.45) is 8.69. The summed E-state index contributed by atoms with van der Waals surface area (Å²) in [5.74, 6) is 0. The van der Waals surface area contributed by atoms with Crippen LogP contribution in [0.15, 0.2) is 30.8 Å². The largest absolute Gasteiger partial charge is 0.382 e. The van der Waals surface area contributed by atoms with Crippen LogP contribution in [0.2, 0.25) is 0 Å². The van der Waals surface area contributed by atoms with Gasteiger partial charge in [0.2, 0.25) is 0 Å². The van der Waals surface area contributed by atoms with Crippen molar-refractivity contribution in [1.82, 2.24) is 0 Å². The number of benzene rings is 1. The van der Waals surface area contributed by atoms with Crippen LogP contribution in [0.1, 0.15) is 37.7 Å². The van der Waals surface area contributed by atoms with Crippen LogP contribution in [0, 0.1) is 0 Å². The van der Waals surface area contributed by atoms with Crippen molar-refractivity contribution in [3.05, 3.63) is 36.4 Å². The highest BCUT2D eigenvalue weighted by Crippen LogP contribution is 2.21. The average molecular weight is 201 g/mol. The zero-order valence-corrected chi connectivity index (χ0v) is 9.21. The van der Waals surface area contributed by atoms with E-state index in [1.54, 1.807) is 0 Å². The standard InChI is InChI=1S/C14H19N/c1-2-12-8-10-14(11-9-12)15-13-6-4-3-5-7-13/h2,8-11,13,15H,1,3-7H2. The lowest BCUT2D eigenvalue weighted by atomic mass is 9.95. The third-order valence-corrected chi connectivity index (χ3v) is 3.12. The molecule has 0 spiro atoms. The number of rotatable bonds is 3. The van der Waals surface area contributed by atoms with E-state index in [0.29, 0.717) is 6.04 Å². The van der Waals surface area contributed by atoms with Crippen LogP contribution in [0.25, 0.3) is 6.08 Å². The van der Waals surface area contributed by atoms with Crippen molar-refractivity contribution < 1.29 is 0 Å². The topological polar surface area (TPSA) is 12.0 Å². The maximum Gasteiger partial charge on any atom is 0.0342 e. The van der Waals surface area contributed by atoms with Crippen LogP contribution in [0.3, 0.4) is 0 Å². The second-order valence-corrected chi connectivity index (χ2v) is 4.31. The number of anilines is 1. The number of hydrogen-bond donors (Lipinski definition) is 1. The molecule has 0 aliphatic heterocycles. The highest BCUT2D eigenvalue weighted by atomic mass is 14.9. The van der Waals surface area contributed by atoms with Crippen molar-refractivity contribution in [1.29, 1.82) is 0 Å². The van der Waals surface area contributed by atoms with Crippen LogP contribution < -0.4 is 5.32 Å². The molecule has 0 saturated heterocycles. The van der Waals surface area contributed by atoms with Crippen molar-refractivity contribution >= 4 is 11.8 Å². The van der Waals surface area contributed by atoms with E-state index in [1.165, 1.54) is 43.4 Å². The van der Waals surface area contributed by atoms with Gasteiger partial charge in [-0.15, -0.1) is 0 Å². The minimum atomic E-state index is 0.688. The molecule has 1 fully saturated rings. The lowest BCUT2D eigenvalue weighted by molar-refractivity contribution is 0.463. The second kappa shape index (κ2) is 5.01. The van der Waals surface area contributed by atoms with Gasteiger partial charge in [-0.25, -0.2) is 0 Å². The van der Waals surface area contributed by atoms with Gasteiger partial charge in [-0.05, 0) is 30.5 Å². The zero-order chi connectivity index (χ0) is 10.5. The van der Waals surface area contributed by atoms with E-state index >= 15 is 0 Å². The molecule has 15 heavy (non-hydrogen) atoms. The van der Waals surface area contributed by atoms with Crippen LogP contribution in [-0.4, -0.2) is 6.04 Å². The van der Waals surface area contributed by atoms with Gasteiger partial charge < -0.3 is 5.32 Å². The van der Waals surface area contributed by atoms with Crippen LogP contribution in [0.4, 0.5) is 5.69 Å². The minimum absolute atomic E-state index is 0.688. The Morgan fingerprint density at radius 3 is 2.33 bits per heavy atom. The molecule has 0 heterocycles. The molecule has 0 unspecified atom stereocenters. The Kier molecular flexibility index (Phi) is 3.44. The first-order valence-corrected chi connectivity index (χ1v) is 5.87. The maximum absolute atomic E-state index is 3.76. The predicted molar refractivity (Wildman–Crippen MR) is 67.0 cm³/mol. The summed E-state index contributed by atoms with van der Waals surface area (Å²) in [6.45, 7) is 3.76. The summed E-state index contributed by atoms with van der Waals surface area (Å²) in [6, 6.07) is 9.20. The fourth-order valence-corrected chi connectivity index (χ4v) is 2.20. The maximum atomic E-state index is 3.76. The van der Waals surface area contributed by atoms with Crippen LogP contribution in [-0.2, 0) is 0 Å². The van der Waals surface area contributed by atoms with Gasteiger partial charge in [0, 0.05) is 11.7 Å². The number of hydrogen-bond acceptors (Lipinski definition) is 1. The normalized spacial score (nSPS) is 17.3. The van der Waals surface area contributed by atoms with Gasteiger partial charge in [-0.1, -0.05) is 44.1 Å². The molecule has 80 valence electrons. The summed E-state index contributed by atoms with van der Waals surface area (Å²) < 4.78 is 0. The molecule has 1 N–H and O–H groups in total. The van der Waals surface area contributed by atoms with E-state index in [4.69, 9.17) is 0 Å². The third-order valence-electron chi connectivity index (χ3n) is 3.12. The SMILES string of the molecule is C=Cc1ccc(NC2CCCCC2)cc1. The van der Waals surface area contributed by atoms with Crippen molar-refractivity contribution in [2.75, 3.05) is 5.32 Å². The van der Waals surface area contributed by atoms with Gasteiger partial charge in [-0.2, -0.15) is 0 Å². The molecule has 1 aromatic rings. The van der Waals surface area contributed by atoms with E-state index in [-0.39, 0.29) is 0 Å². The van der Waals surface area contributed by atoms with E-state index in [1.807, 2.05) is 6.08 Å². The summed E-state index contributed by atoms with van der Waals surface area (Å²) in [4.78, 5) is 0. The van der Waals surface area contributed by atoms with Gasteiger partial charge in [0.05, 0.1) is 0 Å². The second-order valence-electron chi connectivity index (χ2n) is 4.31. The Hall–Kier alpha value is -1.24. The average Bonchev–Trinajstić information content (AvgIpc) is 2.31. The van der Waals surface area contributed by atoms with Crippen LogP contribution >= 0.6 is 0 Å². The first kappa shape index (κ1) is 10.3. The quantitative estimate of drug-likeness (QED) is 0.777. The summed E-state index contributed by atoms with van der Waals surface area (Å²) >= 11 is 0. The molecule has 0 bridgehead atoms. The molecular formula is C14H19N. The molecule has 1 heteroatoms. The molecule has 1 aromatic carbocycles. The lowest BCUT2D eigenvalue weighted by Crippen LogP contribution is -2.22. The van der Waals surface area contributed by atoms with Crippen molar-refractivity contribution in [3.8, 4) is 0 Å². The molecule has 0 amide bonds. The van der Waals surface area contributed by atoms with Gasteiger partial charge in [0.1, 0.15) is 0 Å². The third kappa shape index (κ3) is 2.85. The van der Waals surface area contributed by atoms with Gasteiger partial charge >= 0.3 is 0 Å². The summed E-state index contributed by atoms with van der Waals surface area (Å²) in [5.41, 5.74) is 2.43. The molecular weight excluding hydrogens is 182 g/mol. The zero-order valence-electron chi connectivity index (χ0n) is 9.21. The molecule has 0 aromatic heterocycles. The van der Waals surface area contributed by atoms with E-state index in [9.17, 15) is 0 Å². The first-order chi connectivity index (χ1) is 7.38. The molecule has 0 radical (unpaired) electrons. The molecule has 1 aliphatic carbocycles.